The molecule has 5 heteroatoms. The molecule has 0 saturated heterocycles. The van der Waals surface area contributed by atoms with Crippen molar-refractivity contribution in [1.82, 2.24) is 10.6 Å². The van der Waals surface area contributed by atoms with Crippen molar-refractivity contribution in [2.75, 3.05) is 6.54 Å². The molecule has 5 nitrogen and oxygen atoms in total. The van der Waals surface area contributed by atoms with Crippen LogP contribution in [0.5, 0.6) is 0 Å². The predicted molar refractivity (Wildman–Crippen MR) is 55.4 cm³/mol. The van der Waals surface area contributed by atoms with Crippen LogP contribution in [0.2, 0.25) is 0 Å². The van der Waals surface area contributed by atoms with Gasteiger partial charge < -0.3 is 15.7 Å². The van der Waals surface area contributed by atoms with Crippen LogP contribution in [0.1, 0.15) is 26.7 Å². The number of hydrogen-bond acceptors (Lipinski definition) is 3. The van der Waals surface area contributed by atoms with Crippen molar-refractivity contribution in [2.24, 2.45) is 5.92 Å². The third-order valence-corrected chi connectivity index (χ3v) is 2.57. The summed E-state index contributed by atoms with van der Waals surface area (Å²) < 4.78 is 0. The van der Waals surface area contributed by atoms with Gasteiger partial charge in [-0.25, -0.2) is 0 Å². The molecule has 86 valence electrons. The molecule has 0 aromatic carbocycles. The first-order chi connectivity index (χ1) is 7.00. The second-order valence-electron chi connectivity index (χ2n) is 4.23. The second-order valence-corrected chi connectivity index (χ2v) is 4.23. The lowest BCUT2D eigenvalue weighted by atomic mass is 9.79. The Labute approximate surface area is 89.2 Å². The van der Waals surface area contributed by atoms with Gasteiger partial charge in [0.2, 0.25) is 5.91 Å². The summed E-state index contributed by atoms with van der Waals surface area (Å²) in [6, 6.07) is 0.0800. The van der Waals surface area contributed by atoms with Crippen LogP contribution >= 0.6 is 0 Å². The van der Waals surface area contributed by atoms with E-state index in [0.29, 0.717) is 6.42 Å². The lowest BCUT2D eigenvalue weighted by Gasteiger charge is -2.33. The van der Waals surface area contributed by atoms with Crippen molar-refractivity contribution < 1.29 is 14.7 Å². The summed E-state index contributed by atoms with van der Waals surface area (Å²) in [7, 11) is 0. The van der Waals surface area contributed by atoms with E-state index in [1.54, 1.807) is 0 Å². The Kier molecular flexibility index (Phi) is 4.08. The molecule has 0 radical (unpaired) electrons. The molecular weight excluding hydrogens is 196 g/mol. The van der Waals surface area contributed by atoms with E-state index in [1.165, 1.54) is 0 Å². The Balaban J connectivity index is 2.20. The molecule has 0 aromatic heterocycles. The summed E-state index contributed by atoms with van der Waals surface area (Å²) in [5.74, 6) is -1.18. The van der Waals surface area contributed by atoms with Crippen LogP contribution in [0.15, 0.2) is 0 Å². The first-order valence-electron chi connectivity index (χ1n) is 5.26. The molecular formula is C10H18N2O3. The van der Waals surface area contributed by atoms with Crippen LogP contribution in [0.3, 0.4) is 0 Å². The zero-order valence-corrected chi connectivity index (χ0v) is 9.12. The van der Waals surface area contributed by atoms with Crippen molar-refractivity contribution in [3.63, 3.8) is 0 Å². The molecule has 1 saturated carbocycles. The molecule has 0 spiro atoms. The highest BCUT2D eigenvalue weighted by molar-refractivity contribution is 5.78. The number of nitrogens with one attached hydrogen (secondary N) is 2. The number of carboxylic acid groups (broad SMARTS) is 1. The van der Waals surface area contributed by atoms with E-state index in [-0.39, 0.29) is 30.5 Å². The zero-order valence-electron chi connectivity index (χ0n) is 9.12. The van der Waals surface area contributed by atoms with Gasteiger partial charge in [-0.05, 0) is 26.7 Å². The molecule has 1 aliphatic rings. The van der Waals surface area contributed by atoms with E-state index < -0.39 is 5.97 Å². The largest absolute Gasteiger partial charge is 0.481 e. The number of carbonyl (C=O) groups is 2. The fourth-order valence-corrected chi connectivity index (χ4v) is 1.64. The summed E-state index contributed by atoms with van der Waals surface area (Å²) in [5.41, 5.74) is 0. The fourth-order valence-electron chi connectivity index (χ4n) is 1.64. The molecule has 2 atom stereocenters. The number of carboxylic acids is 1. The van der Waals surface area contributed by atoms with Gasteiger partial charge in [0.15, 0.2) is 0 Å². The van der Waals surface area contributed by atoms with E-state index in [4.69, 9.17) is 5.11 Å². The lowest BCUT2D eigenvalue weighted by molar-refractivity contribution is -0.146. The molecule has 1 rings (SSSR count). The number of rotatable bonds is 5. The average molecular weight is 214 g/mol. The SMILES string of the molecule is CC(C)NC(=O)CNC1CCC1C(=O)O. The molecule has 1 fully saturated rings. The Morgan fingerprint density at radius 1 is 1.40 bits per heavy atom. The van der Waals surface area contributed by atoms with Crippen molar-refractivity contribution in [3.8, 4) is 0 Å². The van der Waals surface area contributed by atoms with Gasteiger partial charge in [0, 0.05) is 12.1 Å². The molecule has 15 heavy (non-hydrogen) atoms. The highest BCUT2D eigenvalue weighted by Crippen LogP contribution is 2.27. The van der Waals surface area contributed by atoms with Gasteiger partial charge in [-0.3, -0.25) is 9.59 Å². The van der Waals surface area contributed by atoms with Gasteiger partial charge in [0.1, 0.15) is 0 Å². The topological polar surface area (TPSA) is 78.4 Å². The number of carbonyl (C=O) groups excluding carboxylic acids is 1. The van der Waals surface area contributed by atoms with Gasteiger partial charge in [0.05, 0.1) is 12.5 Å². The fraction of sp³-hybridized carbons (Fsp3) is 0.800. The maximum atomic E-state index is 11.3. The van der Waals surface area contributed by atoms with Crippen LogP contribution in [0.25, 0.3) is 0 Å². The highest BCUT2D eigenvalue weighted by atomic mass is 16.4. The third-order valence-electron chi connectivity index (χ3n) is 2.57. The Bertz CT molecular complexity index is 253. The average Bonchev–Trinajstić information content (AvgIpc) is 1.99. The Morgan fingerprint density at radius 2 is 2.07 bits per heavy atom. The first kappa shape index (κ1) is 12.0. The normalized spacial score (nSPS) is 24.7. The lowest BCUT2D eigenvalue weighted by Crippen LogP contribution is -2.51. The van der Waals surface area contributed by atoms with Gasteiger partial charge in [0.25, 0.3) is 0 Å². The minimum atomic E-state index is -0.775. The summed E-state index contributed by atoms with van der Waals surface area (Å²) in [4.78, 5) is 21.9. The van der Waals surface area contributed by atoms with Crippen molar-refractivity contribution >= 4 is 11.9 Å². The van der Waals surface area contributed by atoms with E-state index in [0.717, 1.165) is 6.42 Å². The Morgan fingerprint density at radius 3 is 2.47 bits per heavy atom. The van der Waals surface area contributed by atoms with Gasteiger partial charge in [-0.1, -0.05) is 0 Å². The summed E-state index contributed by atoms with van der Waals surface area (Å²) >= 11 is 0. The van der Waals surface area contributed by atoms with Crippen LogP contribution < -0.4 is 10.6 Å². The molecule has 0 aromatic rings. The van der Waals surface area contributed by atoms with E-state index in [2.05, 4.69) is 10.6 Å². The second kappa shape index (κ2) is 5.11. The smallest absolute Gasteiger partial charge is 0.308 e. The molecule has 2 unspecified atom stereocenters. The monoisotopic (exact) mass is 214 g/mol. The Hall–Kier alpha value is -1.10. The number of aliphatic carboxylic acids is 1. The molecule has 0 aliphatic heterocycles. The predicted octanol–water partition coefficient (Wildman–Crippen LogP) is -0.0362. The molecule has 1 aliphatic carbocycles. The third kappa shape index (κ3) is 3.51. The minimum Gasteiger partial charge on any atom is -0.481 e. The summed E-state index contributed by atoms with van der Waals surface area (Å²) in [6.07, 6.45) is 1.55. The van der Waals surface area contributed by atoms with Crippen LogP contribution in [-0.2, 0) is 9.59 Å². The van der Waals surface area contributed by atoms with Crippen LogP contribution in [0, 0.1) is 5.92 Å². The van der Waals surface area contributed by atoms with E-state index in [1.807, 2.05) is 13.8 Å². The number of amides is 1. The maximum absolute atomic E-state index is 11.3. The van der Waals surface area contributed by atoms with Gasteiger partial charge in [-0.15, -0.1) is 0 Å². The minimum absolute atomic E-state index is 0.0413. The molecule has 0 bridgehead atoms. The van der Waals surface area contributed by atoms with Gasteiger partial charge in [-0.2, -0.15) is 0 Å². The summed E-state index contributed by atoms with van der Waals surface area (Å²) in [6.45, 7) is 3.98. The standard InChI is InChI=1S/C10H18N2O3/c1-6(2)12-9(13)5-11-8-4-3-7(8)10(14)15/h6-8,11H,3-5H2,1-2H3,(H,12,13)(H,14,15). The maximum Gasteiger partial charge on any atom is 0.308 e. The first-order valence-corrected chi connectivity index (χ1v) is 5.26. The van der Waals surface area contributed by atoms with Crippen LogP contribution in [-0.4, -0.2) is 35.6 Å². The number of hydrogen-bond donors (Lipinski definition) is 3. The molecule has 1 amide bonds. The molecule has 0 heterocycles. The van der Waals surface area contributed by atoms with Crippen molar-refractivity contribution in [1.29, 1.82) is 0 Å². The van der Waals surface area contributed by atoms with Crippen LogP contribution in [0.4, 0.5) is 0 Å². The van der Waals surface area contributed by atoms with E-state index in [9.17, 15) is 9.59 Å². The van der Waals surface area contributed by atoms with Gasteiger partial charge >= 0.3 is 5.97 Å². The van der Waals surface area contributed by atoms with Crippen molar-refractivity contribution in [2.45, 2.75) is 38.8 Å². The highest BCUT2D eigenvalue weighted by Gasteiger charge is 2.36. The summed E-state index contributed by atoms with van der Waals surface area (Å²) in [5, 5.41) is 14.5. The quantitative estimate of drug-likeness (QED) is 0.600. The van der Waals surface area contributed by atoms with E-state index >= 15 is 0 Å². The zero-order chi connectivity index (χ0) is 11.4. The molecule has 3 N–H and O–H groups in total. The van der Waals surface area contributed by atoms with Crippen molar-refractivity contribution in [3.05, 3.63) is 0 Å².